The number of carbonyl (C=O) groups excluding carboxylic acids is 1. The van der Waals surface area contributed by atoms with E-state index in [1.165, 1.54) is 0 Å². The smallest absolute Gasteiger partial charge is 0.410 e. The monoisotopic (exact) mass is 281 g/mol. The molecule has 0 aromatic carbocycles. The predicted molar refractivity (Wildman–Crippen MR) is 79.2 cm³/mol. The van der Waals surface area contributed by atoms with Gasteiger partial charge in [-0.3, -0.25) is 0 Å². The summed E-state index contributed by atoms with van der Waals surface area (Å²) in [5, 5.41) is 8.63. The highest BCUT2D eigenvalue weighted by Gasteiger charge is 2.28. The number of aliphatic hydroxyl groups excluding tert-OH is 1. The Morgan fingerprint density at radius 3 is 2.35 bits per heavy atom. The van der Waals surface area contributed by atoms with Gasteiger partial charge in [-0.15, -0.1) is 5.92 Å². The maximum Gasteiger partial charge on any atom is 0.410 e. The zero-order chi connectivity index (χ0) is 15.2. The van der Waals surface area contributed by atoms with E-state index in [1.54, 1.807) is 4.90 Å². The van der Waals surface area contributed by atoms with Crippen LogP contribution in [-0.2, 0) is 4.74 Å². The molecule has 0 aliphatic heterocycles. The molecule has 1 rings (SSSR count). The molecule has 0 aromatic rings. The van der Waals surface area contributed by atoms with Crippen molar-refractivity contribution >= 4 is 6.09 Å². The lowest BCUT2D eigenvalue weighted by Gasteiger charge is -2.35. The zero-order valence-electron chi connectivity index (χ0n) is 13.1. The number of hydrogen-bond acceptors (Lipinski definition) is 3. The molecule has 1 aliphatic carbocycles. The second kappa shape index (κ2) is 7.54. The van der Waals surface area contributed by atoms with Gasteiger partial charge in [0.15, 0.2) is 0 Å². The van der Waals surface area contributed by atoms with Crippen LogP contribution in [0.25, 0.3) is 0 Å². The molecule has 0 aromatic heterocycles. The van der Waals surface area contributed by atoms with Crippen molar-refractivity contribution < 1.29 is 14.6 Å². The van der Waals surface area contributed by atoms with Gasteiger partial charge < -0.3 is 14.7 Å². The molecule has 1 fully saturated rings. The number of carbonyl (C=O) groups is 1. The summed E-state index contributed by atoms with van der Waals surface area (Å²) in [6.45, 7) is 5.59. The summed E-state index contributed by atoms with van der Waals surface area (Å²) >= 11 is 0. The molecule has 4 heteroatoms. The van der Waals surface area contributed by atoms with Crippen molar-refractivity contribution in [1.29, 1.82) is 0 Å². The van der Waals surface area contributed by atoms with E-state index in [0.717, 1.165) is 32.1 Å². The van der Waals surface area contributed by atoms with E-state index < -0.39 is 5.60 Å². The summed E-state index contributed by atoms with van der Waals surface area (Å²) in [6.07, 6.45) is 4.78. The summed E-state index contributed by atoms with van der Waals surface area (Å²) in [4.78, 5) is 13.7. The number of hydrogen-bond donors (Lipinski definition) is 1. The van der Waals surface area contributed by atoms with Gasteiger partial charge in [-0.1, -0.05) is 5.92 Å². The molecule has 0 atom stereocenters. The summed E-state index contributed by atoms with van der Waals surface area (Å²) in [7, 11) is 1.82. The normalized spacial score (nSPS) is 22.6. The third kappa shape index (κ3) is 5.83. The van der Waals surface area contributed by atoms with Crippen LogP contribution < -0.4 is 0 Å². The first kappa shape index (κ1) is 16.8. The minimum atomic E-state index is -0.442. The third-order valence-electron chi connectivity index (χ3n) is 3.64. The molecule has 114 valence electrons. The maximum atomic E-state index is 12.0. The van der Waals surface area contributed by atoms with Crippen LogP contribution in [0.15, 0.2) is 0 Å². The Labute approximate surface area is 122 Å². The number of rotatable bonds is 2. The van der Waals surface area contributed by atoms with Crippen molar-refractivity contribution in [1.82, 2.24) is 4.90 Å². The van der Waals surface area contributed by atoms with Crippen molar-refractivity contribution in [2.24, 2.45) is 5.92 Å². The van der Waals surface area contributed by atoms with Crippen LogP contribution in [0.2, 0.25) is 0 Å². The lowest BCUT2D eigenvalue weighted by Crippen LogP contribution is -2.42. The van der Waals surface area contributed by atoms with Crippen molar-refractivity contribution in [2.75, 3.05) is 13.7 Å². The number of ether oxygens (including phenoxy) is 1. The highest BCUT2D eigenvalue weighted by molar-refractivity contribution is 5.68. The Morgan fingerprint density at radius 2 is 1.85 bits per heavy atom. The Kier molecular flexibility index (Phi) is 6.35. The summed E-state index contributed by atoms with van der Waals surface area (Å²) < 4.78 is 5.40. The number of aliphatic hydroxyl groups is 1. The first-order valence-electron chi connectivity index (χ1n) is 7.36. The Bertz CT molecular complexity index is 367. The first-order chi connectivity index (χ1) is 9.33. The van der Waals surface area contributed by atoms with Gasteiger partial charge in [0.05, 0.1) is 0 Å². The van der Waals surface area contributed by atoms with E-state index in [-0.39, 0.29) is 18.7 Å². The molecule has 0 saturated heterocycles. The molecule has 0 spiro atoms. The van der Waals surface area contributed by atoms with Crippen LogP contribution in [0.5, 0.6) is 0 Å². The average Bonchev–Trinajstić information content (AvgIpc) is 2.37. The lowest BCUT2D eigenvalue weighted by molar-refractivity contribution is 0.0173. The molecule has 1 amide bonds. The van der Waals surface area contributed by atoms with Crippen molar-refractivity contribution in [2.45, 2.75) is 64.5 Å². The molecular weight excluding hydrogens is 254 g/mol. The van der Waals surface area contributed by atoms with E-state index in [4.69, 9.17) is 9.84 Å². The fraction of sp³-hybridized carbons (Fsp3) is 0.812. The van der Waals surface area contributed by atoms with Crippen LogP contribution in [0.3, 0.4) is 0 Å². The van der Waals surface area contributed by atoms with Gasteiger partial charge >= 0.3 is 6.09 Å². The van der Waals surface area contributed by atoms with Crippen LogP contribution in [0.1, 0.15) is 52.9 Å². The average molecular weight is 281 g/mol. The Balaban J connectivity index is 2.39. The molecule has 0 heterocycles. The minimum absolute atomic E-state index is 0.0588. The molecule has 20 heavy (non-hydrogen) atoms. The van der Waals surface area contributed by atoms with E-state index in [1.807, 2.05) is 27.8 Å². The topological polar surface area (TPSA) is 49.8 Å². The molecule has 4 nitrogen and oxygen atoms in total. The highest BCUT2D eigenvalue weighted by Crippen LogP contribution is 2.29. The molecular formula is C16H27NO3. The first-order valence-corrected chi connectivity index (χ1v) is 7.36. The van der Waals surface area contributed by atoms with Gasteiger partial charge in [-0.2, -0.15) is 0 Å². The summed E-state index contributed by atoms with van der Waals surface area (Å²) in [5.74, 6) is 6.29. The van der Waals surface area contributed by atoms with Gasteiger partial charge in [0, 0.05) is 19.5 Å². The number of nitrogens with zero attached hydrogens (tertiary/aromatic N) is 1. The molecule has 1 saturated carbocycles. The maximum absolute atomic E-state index is 12.0. The highest BCUT2D eigenvalue weighted by atomic mass is 16.6. The van der Waals surface area contributed by atoms with Gasteiger partial charge in [0.2, 0.25) is 0 Å². The van der Waals surface area contributed by atoms with E-state index in [0.29, 0.717) is 5.92 Å². The van der Waals surface area contributed by atoms with Gasteiger partial charge in [-0.25, -0.2) is 4.79 Å². The molecule has 1 N–H and O–H groups in total. The SMILES string of the molecule is CN(C(=O)OC(C)(C)C)[C@H]1CC[C@H](CC#CCO)CC1. The molecule has 0 radical (unpaired) electrons. The number of amides is 1. The molecule has 1 aliphatic rings. The summed E-state index contributed by atoms with van der Waals surface area (Å²) in [5.41, 5.74) is -0.442. The zero-order valence-corrected chi connectivity index (χ0v) is 13.1. The van der Waals surface area contributed by atoms with Crippen molar-refractivity contribution in [3.8, 4) is 11.8 Å². The Hall–Kier alpha value is -1.21. The van der Waals surface area contributed by atoms with Crippen LogP contribution in [0, 0.1) is 17.8 Å². The lowest BCUT2D eigenvalue weighted by atomic mass is 9.84. The van der Waals surface area contributed by atoms with Crippen LogP contribution in [-0.4, -0.2) is 41.4 Å². The predicted octanol–water partition coefficient (Wildman–Crippen LogP) is 2.80. The molecule has 0 bridgehead atoms. The summed E-state index contributed by atoms with van der Waals surface area (Å²) in [6, 6.07) is 0.270. The standard InChI is InChI=1S/C16H27NO3/c1-16(2,3)20-15(19)17(4)14-10-8-13(9-11-14)7-5-6-12-18/h13-14,18H,7-12H2,1-4H3/t13-,14-. The van der Waals surface area contributed by atoms with E-state index >= 15 is 0 Å². The second-order valence-corrected chi connectivity index (χ2v) is 6.48. The largest absolute Gasteiger partial charge is 0.444 e. The van der Waals surface area contributed by atoms with Crippen molar-refractivity contribution in [3.05, 3.63) is 0 Å². The van der Waals surface area contributed by atoms with Crippen molar-refractivity contribution in [3.63, 3.8) is 0 Å². The van der Waals surface area contributed by atoms with Crippen LogP contribution >= 0.6 is 0 Å². The van der Waals surface area contributed by atoms with Gasteiger partial charge in [0.25, 0.3) is 0 Å². The fourth-order valence-electron chi connectivity index (χ4n) is 2.49. The van der Waals surface area contributed by atoms with Crippen LogP contribution in [0.4, 0.5) is 4.79 Å². The molecule has 0 unspecified atom stereocenters. The third-order valence-corrected chi connectivity index (χ3v) is 3.64. The Morgan fingerprint density at radius 1 is 1.25 bits per heavy atom. The second-order valence-electron chi connectivity index (χ2n) is 6.48. The van der Waals surface area contributed by atoms with Gasteiger partial charge in [0.1, 0.15) is 12.2 Å². The minimum Gasteiger partial charge on any atom is -0.444 e. The van der Waals surface area contributed by atoms with Gasteiger partial charge in [-0.05, 0) is 52.4 Å². The fourth-order valence-corrected chi connectivity index (χ4v) is 2.49. The van der Waals surface area contributed by atoms with E-state index in [2.05, 4.69) is 11.8 Å². The quantitative estimate of drug-likeness (QED) is 0.792. The van der Waals surface area contributed by atoms with E-state index in [9.17, 15) is 4.79 Å².